The van der Waals surface area contributed by atoms with E-state index >= 15 is 0 Å². The van der Waals surface area contributed by atoms with E-state index in [4.69, 9.17) is 12.0 Å². The molecule has 0 rings (SSSR count). The Labute approximate surface area is 87.1 Å². The summed E-state index contributed by atoms with van der Waals surface area (Å²) >= 11 is 0. The maximum absolute atomic E-state index is 10.3. The number of azide groups is 1. The topological polar surface area (TPSA) is 136 Å². The molecule has 8 nitrogen and oxygen atoms in total. The van der Waals surface area contributed by atoms with E-state index in [9.17, 15) is 15.0 Å². The zero-order chi connectivity index (χ0) is 12.6. The highest BCUT2D eigenvalue weighted by atomic mass is 16.5. The van der Waals surface area contributed by atoms with Crippen molar-refractivity contribution >= 4 is 6.29 Å². The van der Waals surface area contributed by atoms with Crippen LogP contribution in [0.3, 0.4) is 0 Å². The van der Waals surface area contributed by atoms with Gasteiger partial charge in [-0.25, -0.2) is 0 Å². The number of rotatable bonds is 7. The molecular weight excluding hydrogens is 206 g/mol. The van der Waals surface area contributed by atoms with Crippen LogP contribution in [-0.2, 0) is 9.53 Å². The fourth-order valence-electron chi connectivity index (χ4n) is 0.924. The first-order valence-corrected chi connectivity index (χ1v) is 3.99. The van der Waals surface area contributed by atoms with Crippen molar-refractivity contribution < 1.29 is 26.2 Å². The minimum Gasteiger partial charge on any atom is -0.390 e. The van der Waals surface area contributed by atoms with Gasteiger partial charge in [-0.2, -0.15) is 0 Å². The van der Waals surface area contributed by atoms with Crippen LogP contribution in [0, 0.1) is 0 Å². The molecule has 0 aromatic heterocycles. The molecule has 15 heavy (non-hydrogen) atoms. The number of carbonyl (C=O) groups is 1. The van der Waals surface area contributed by atoms with Gasteiger partial charge >= 0.3 is 0 Å². The molecule has 0 spiro atoms. The van der Waals surface area contributed by atoms with Crippen LogP contribution in [0.1, 0.15) is 1.37 Å². The lowest BCUT2D eigenvalue weighted by Crippen LogP contribution is -2.47. The summed E-state index contributed by atoms with van der Waals surface area (Å²) in [6, 6.07) is 0. The Bertz CT molecular complexity index is 260. The van der Waals surface area contributed by atoms with Gasteiger partial charge in [0.1, 0.15) is 18.3 Å². The van der Waals surface area contributed by atoms with E-state index in [0.29, 0.717) is 0 Å². The molecule has 0 saturated carbocycles. The van der Waals surface area contributed by atoms with Gasteiger partial charge in [-0.15, -0.1) is 0 Å². The predicted molar refractivity (Wildman–Crippen MR) is 48.9 cm³/mol. The number of carbonyl (C=O) groups excluding carboxylic acids is 1. The smallest absolute Gasteiger partial charge is 0.151 e. The summed E-state index contributed by atoms with van der Waals surface area (Å²) in [6.45, 7) is -0.429. The van der Waals surface area contributed by atoms with Gasteiger partial charge in [0.25, 0.3) is 0 Å². The summed E-state index contributed by atoms with van der Waals surface area (Å²) in [6.07, 6.45) is -6.10. The second kappa shape index (κ2) is 7.16. The monoisotopic (exact) mass is 220 g/mol. The third kappa shape index (κ3) is 4.24. The molecule has 0 heterocycles. The Morgan fingerprint density at radius 3 is 2.80 bits per heavy atom. The second-order valence-corrected chi connectivity index (χ2v) is 2.73. The zero-order valence-electron chi connectivity index (χ0n) is 8.80. The standard InChI is InChI=1S/C7H13N3O5/c1-15-7(5(13)3-11)6(14)4(12)2-9-10-8/h3-7,12-14H,2H2,1H3/t4-,5+,6-,7-/m1/s1/i1D. The van der Waals surface area contributed by atoms with E-state index in [2.05, 4.69) is 14.8 Å². The second-order valence-electron chi connectivity index (χ2n) is 2.73. The SMILES string of the molecule is [2H]CO[C@@H]([C@H](O)[C@H](O)CN=[N+]=[N-])[C@@H](O)C=O. The molecule has 0 aliphatic carbocycles. The van der Waals surface area contributed by atoms with Gasteiger partial charge in [-0.05, 0) is 5.53 Å². The van der Waals surface area contributed by atoms with E-state index in [1.165, 1.54) is 0 Å². The first-order valence-electron chi connectivity index (χ1n) is 4.70. The quantitative estimate of drug-likeness (QED) is 0.209. The van der Waals surface area contributed by atoms with Crippen LogP contribution in [0.25, 0.3) is 10.4 Å². The Morgan fingerprint density at radius 1 is 1.67 bits per heavy atom. The van der Waals surface area contributed by atoms with Crippen LogP contribution in [0.5, 0.6) is 0 Å². The first-order chi connectivity index (χ1) is 7.58. The molecule has 0 amide bonds. The number of nitrogens with zero attached hydrogens (tertiary/aromatic N) is 3. The van der Waals surface area contributed by atoms with E-state index < -0.39 is 38.0 Å². The molecule has 86 valence electrons. The molecular formula is C7H13N3O5. The molecule has 0 saturated heterocycles. The average Bonchev–Trinajstić information content (AvgIpc) is 2.31. The number of ether oxygens (including phenoxy) is 1. The van der Waals surface area contributed by atoms with Gasteiger partial charge in [0.2, 0.25) is 0 Å². The molecule has 0 radical (unpaired) electrons. The zero-order valence-corrected chi connectivity index (χ0v) is 7.80. The van der Waals surface area contributed by atoms with E-state index in [0.717, 1.165) is 0 Å². The summed E-state index contributed by atoms with van der Waals surface area (Å²) in [5.74, 6) is 0. The number of aliphatic hydroxyl groups is 3. The lowest BCUT2D eigenvalue weighted by atomic mass is 10.0. The lowest BCUT2D eigenvalue weighted by molar-refractivity contribution is -0.138. The largest absolute Gasteiger partial charge is 0.390 e. The lowest BCUT2D eigenvalue weighted by Gasteiger charge is -2.26. The van der Waals surface area contributed by atoms with Crippen molar-refractivity contribution in [1.29, 1.82) is 0 Å². The molecule has 8 heteroatoms. The fraction of sp³-hybridized carbons (Fsp3) is 0.857. The van der Waals surface area contributed by atoms with E-state index in [1.807, 2.05) is 0 Å². The third-order valence-electron chi connectivity index (χ3n) is 1.73. The van der Waals surface area contributed by atoms with Crippen molar-refractivity contribution in [2.45, 2.75) is 24.4 Å². The summed E-state index contributed by atoms with van der Waals surface area (Å²) in [5, 5.41) is 30.9. The number of aldehydes is 1. The maximum atomic E-state index is 10.3. The highest BCUT2D eigenvalue weighted by Crippen LogP contribution is 2.08. The number of methoxy groups -OCH3 is 1. The van der Waals surface area contributed by atoms with Gasteiger partial charge < -0.3 is 24.9 Å². The molecule has 0 aliphatic rings. The van der Waals surface area contributed by atoms with Gasteiger partial charge in [0.05, 0.1) is 14.0 Å². The van der Waals surface area contributed by atoms with Gasteiger partial charge in [0.15, 0.2) is 6.29 Å². The molecule has 0 aromatic rings. The molecule has 4 atom stereocenters. The van der Waals surface area contributed by atoms with Crippen molar-refractivity contribution in [3.8, 4) is 0 Å². The normalized spacial score (nSPS) is 19.3. The van der Waals surface area contributed by atoms with E-state index in [1.54, 1.807) is 0 Å². The minimum atomic E-state index is -1.67. The van der Waals surface area contributed by atoms with Crippen LogP contribution in [0.15, 0.2) is 5.11 Å². The molecule has 0 bridgehead atoms. The van der Waals surface area contributed by atoms with Crippen molar-refractivity contribution in [1.82, 2.24) is 0 Å². The van der Waals surface area contributed by atoms with Crippen molar-refractivity contribution in [3.63, 3.8) is 0 Å². The van der Waals surface area contributed by atoms with Crippen LogP contribution >= 0.6 is 0 Å². The van der Waals surface area contributed by atoms with Gasteiger partial charge in [0, 0.05) is 12.0 Å². The third-order valence-corrected chi connectivity index (χ3v) is 1.73. The average molecular weight is 220 g/mol. The minimum absolute atomic E-state index is 0.115. The van der Waals surface area contributed by atoms with Crippen molar-refractivity contribution in [2.75, 3.05) is 13.6 Å². The summed E-state index contributed by atoms with van der Waals surface area (Å²) in [5.41, 5.74) is 7.99. The van der Waals surface area contributed by atoms with Crippen LogP contribution in [0.2, 0.25) is 0 Å². The van der Waals surface area contributed by atoms with Crippen molar-refractivity contribution in [2.24, 2.45) is 5.11 Å². The highest BCUT2D eigenvalue weighted by molar-refractivity contribution is 5.56. The van der Waals surface area contributed by atoms with Crippen LogP contribution in [-0.4, -0.2) is 59.7 Å². The number of hydrogen-bond donors (Lipinski definition) is 3. The summed E-state index contributed by atoms with van der Waals surface area (Å²) < 4.78 is 11.3. The van der Waals surface area contributed by atoms with Crippen LogP contribution < -0.4 is 0 Å². The Kier molecular flexibility index (Phi) is 5.67. The number of hydrogen-bond acceptors (Lipinski definition) is 6. The van der Waals surface area contributed by atoms with E-state index in [-0.39, 0.29) is 6.29 Å². The highest BCUT2D eigenvalue weighted by Gasteiger charge is 2.31. The Hall–Kier alpha value is -1.18. The predicted octanol–water partition coefficient (Wildman–Crippen LogP) is -1.41. The van der Waals surface area contributed by atoms with Gasteiger partial charge in [-0.3, -0.25) is 0 Å². The maximum Gasteiger partial charge on any atom is 0.151 e. The molecule has 0 aliphatic heterocycles. The summed E-state index contributed by atoms with van der Waals surface area (Å²) in [4.78, 5) is 12.7. The molecule has 0 fully saturated rings. The van der Waals surface area contributed by atoms with Crippen molar-refractivity contribution in [3.05, 3.63) is 10.4 Å². The van der Waals surface area contributed by atoms with Gasteiger partial charge in [-0.1, -0.05) is 5.11 Å². The van der Waals surface area contributed by atoms with Crippen LogP contribution in [0.4, 0.5) is 0 Å². The first kappa shape index (κ1) is 11.9. The Balaban J connectivity index is 4.51. The molecule has 3 N–H and O–H groups in total. The molecule has 0 unspecified atom stereocenters. The fourth-order valence-corrected chi connectivity index (χ4v) is 0.924. The number of aliphatic hydroxyl groups excluding tert-OH is 3. The summed E-state index contributed by atoms with van der Waals surface area (Å²) in [7, 11) is -0.596. The molecule has 0 aromatic carbocycles. The Morgan fingerprint density at radius 2 is 2.33 bits per heavy atom.